The van der Waals surface area contributed by atoms with E-state index < -0.39 is 10.0 Å². The maximum absolute atomic E-state index is 12.9. The van der Waals surface area contributed by atoms with Crippen LogP contribution in [0.4, 0.5) is 0 Å². The summed E-state index contributed by atoms with van der Waals surface area (Å²) in [5, 5.41) is 3.11. The van der Waals surface area contributed by atoms with Gasteiger partial charge in [-0.1, -0.05) is 23.7 Å². The van der Waals surface area contributed by atoms with Gasteiger partial charge in [0.2, 0.25) is 10.0 Å². The molecule has 1 aromatic heterocycles. The highest BCUT2D eigenvalue weighted by Gasteiger charge is 2.31. The molecule has 1 aliphatic rings. The monoisotopic (exact) mass is 491 g/mol. The van der Waals surface area contributed by atoms with Gasteiger partial charge in [-0.3, -0.25) is 4.79 Å². The molecular formula is C22H22ClN3O4S2. The van der Waals surface area contributed by atoms with Crippen LogP contribution in [0.2, 0.25) is 5.02 Å². The van der Waals surface area contributed by atoms with Crippen LogP contribution in [0.5, 0.6) is 5.75 Å². The fourth-order valence-electron chi connectivity index (χ4n) is 3.41. The molecule has 1 saturated heterocycles. The molecule has 0 bridgehead atoms. The fourth-order valence-corrected chi connectivity index (χ4v) is 5.76. The number of sulfonamides is 1. The zero-order valence-corrected chi connectivity index (χ0v) is 19.8. The lowest BCUT2D eigenvalue weighted by atomic mass is 10.2. The molecule has 0 spiro atoms. The van der Waals surface area contributed by atoms with Gasteiger partial charge in [0.05, 0.1) is 11.5 Å². The minimum Gasteiger partial charge on any atom is -0.494 e. The maximum atomic E-state index is 12.9. The average molecular weight is 492 g/mol. The van der Waals surface area contributed by atoms with Gasteiger partial charge in [-0.25, -0.2) is 13.4 Å². The van der Waals surface area contributed by atoms with E-state index >= 15 is 0 Å². The second kappa shape index (κ2) is 9.58. The first-order chi connectivity index (χ1) is 15.4. The van der Waals surface area contributed by atoms with Gasteiger partial charge in [0, 0.05) is 42.1 Å². The summed E-state index contributed by atoms with van der Waals surface area (Å²) in [6.07, 6.45) is 0. The SMILES string of the molecule is CCOc1ccc(S(=O)(=O)N2CCN(C(=O)c3csc(-c4ccc(Cl)cc4)n3)CC2)cc1. The van der Waals surface area contributed by atoms with Crippen molar-refractivity contribution in [3.8, 4) is 16.3 Å². The molecule has 2 heterocycles. The van der Waals surface area contributed by atoms with Gasteiger partial charge < -0.3 is 9.64 Å². The summed E-state index contributed by atoms with van der Waals surface area (Å²) >= 11 is 7.32. The van der Waals surface area contributed by atoms with Crippen LogP contribution in [0.25, 0.3) is 10.6 Å². The first-order valence-corrected chi connectivity index (χ1v) is 12.8. The first-order valence-electron chi connectivity index (χ1n) is 10.1. The van der Waals surface area contributed by atoms with Gasteiger partial charge in [0.25, 0.3) is 5.91 Å². The normalized spacial score (nSPS) is 15.0. The van der Waals surface area contributed by atoms with Crippen molar-refractivity contribution in [1.82, 2.24) is 14.2 Å². The Kier molecular flexibility index (Phi) is 6.80. The maximum Gasteiger partial charge on any atom is 0.273 e. The number of aromatic nitrogens is 1. The molecule has 0 atom stereocenters. The fraction of sp³-hybridized carbons (Fsp3) is 0.273. The summed E-state index contributed by atoms with van der Waals surface area (Å²) < 4.78 is 32.7. The van der Waals surface area contributed by atoms with E-state index in [1.165, 1.54) is 15.6 Å². The van der Waals surface area contributed by atoms with Crippen molar-refractivity contribution < 1.29 is 17.9 Å². The van der Waals surface area contributed by atoms with Crippen LogP contribution in [-0.4, -0.2) is 61.3 Å². The summed E-state index contributed by atoms with van der Waals surface area (Å²) in [5.41, 5.74) is 1.26. The number of thiazole rings is 1. The van der Waals surface area contributed by atoms with Crippen molar-refractivity contribution in [2.24, 2.45) is 0 Å². The molecule has 1 fully saturated rings. The van der Waals surface area contributed by atoms with Crippen molar-refractivity contribution >= 4 is 38.9 Å². The number of piperazine rings is 1. The Morgan fingerprint density at radius 2 is 1.72 bits per heavy atom. The van der Waals surface area contributed by atoms with E-state index in [2.05, 4.69) is 4.98 Å². The van der Waals surface area contributed by atoms with E-state index in [4.69, 9.17) is 16.3 Å². The Hall–Kier alpha value is -2.46. The van der Waals surface area contributed by atoms with Crippen LogP contribution in [0, 0.1) is 0 Å². The molecule has 10 heteroatoms. The number of halogens is 1. The van der Waals surface area contributed by atoms with Crippen LogP contribution < -0.4 is 4.74 Å². The highest BCUT2D eigenvalue weighted by molar-refractivity contribution is 7.89. The molecule has 0 radical (unpaired) electrons. The first kappa shape index (κ1) is 22.7. The van der Waals surface area contributed by atoms with Gasteiger partial charge in [-0.05, 0) is 43.3 Å². The minimum absolute atomic E-state index is 0.195. The third-order valence-corrected chi connectivity index (χ3v) is 8.17. The van der Waals surface area contributed by atoms with E-state index in [9.17, 15) is 13.2 Å². The minimum atomic E-state index is -3.63. The molecule has 3 aromatic rings. The Labute approximate surface area is 196 Å². The molecule has 1 aliphatic heterocycles. The van der Waals surface area contributed by atoms with Crippen LogP contribution in [0.1, 0.15) is 17.4 Å². The van der Waals surface area contributed by atoms with Gasteiger partial charge in [0.15, 0.2) is 0 Å². The molecule has 4 rings (SSSR count). The topological polar surface area (TPSA) is 79.8 Å². The summed E-state index contributed by atoms with van der Waals surface area (Å²) in [7, 11) is -3.63. The van der Waals surface area contributed by atoms with Crippen molar-refractivity contribution in [2.75, 3.05) is 32.8 Å². The highest BCUT2D eigenvalue weighted by atomic mass is 35.5. The number of benzene rings is 2. The molecule has 1 amide bonds. The summed E-state index contributed by atoms with van der Waals surface area (Å²) in [4.78, 5) is 19.2. The number of nitrogens with zero attached hydrogens (tertiary/aromatic N) is 3. The summed E-state index contributed by atoms with van der Waals surface area (Å²) in [5.74, 6) is 0.433. The molecule has 0 unspecified atom stereocenters. The number of carbonyl (C=O) groups is 1. The highest BCUT2D eigenvalue weighted by Crippen LogP contribution is 2.26. The Balaban J connectivity index is 1.40. The van der Waals surface area contributed by atoms with Crippen LogP contribution >= 0.6 is 22.9 Å². The van der Waals surface area contributed by atoms with Crippen molar-refractivity contribution in [3.63, 3.8) is 0 Å². The van der Waals surface area contributed by atoms with E-state index in [1.54, 1.807) is 46.7 Å². The summed E-state index contributed by atoms with van der Waals surface area (Å²) in [6.45, 7) is 3.47. The summed E-state index contributed by atoms with van der Waals surface area (Å²) in [6, 6.07) is 13.7. The van der Waals surface area contributed by atoms with Crippen molar-refractivity contribution in [2.45, 2.75) is 11.8 Å². The number of rotatable bonds is 6. The van der Waals surface area contributed by atoms with Crippen LogP contribution in [-0.2, 0) is 10.0 Å². The van der Waals surface area contributed by atoms with Gasteiger partial charge in [0.1, 0.15) is 16.5 Å². The van der Waals surface area contributed by atoms with Crippen LogP contribution in [0.15, 0.2) is 58.8 Å². The van der Waals surface area contributed by atoms with E-state index in [1.807, 2.05) is 19.1 Å². The molecule has 2 aromatic carbocycles. The predicted molar refractivity (Wildman–Crippen MR) is 125 cm³/mol. The molecule has 0 aliphatic carbocycles. The van der Waals surface area contributed by atoms with Gasteiger partial charge in [-0.2, -0.15) is 4.31 Å². The zero-order valence-electron chi connectivity index (χ0n) is 17.4. The zero-order chi connectivity index (χ0) is 22.7. The number of hydrogen-bond acceptors (Lipinski definition) is 6. The lowest BCUT2D eigenvalue weighted by Crippen LogP contribution is -2.50. The van der Waals surface area contributed by atoms with Crippen molar-refractivity contribution in [3.05, 3.63) is 64.6 Å². The third kappa shape index (κ3) is 4.80. The van der Waals surface area contributed by atoms with Gasteiger partial charge >= 0.3 is 0 Å². The largest absolute Gasteiger partial charge is 0.494 e. The third-order valence-electron chi connectivity index (χ3n) is 5.11. The average Bonchev–Trinajstić information content (AvgIpc) is 3.30. The lowest BCUT2D eigenvalue weighted by molar-refractivity contribution is 0.0693. The van der Waals surface area contributed by atoms with Crippen LogP contribution in [0.3, 0.4) is 0 Å². The lowest BCUT2D eigenvalue weighted by Gasteiger charge is -2.33. The Morgan fingerprint density at radius 1 is 1.06 bits per heavy atom. The quantitative estimate of drug-likeness (QED) is 0.520. The smallest absolute Gasteiger partial charge is 0.273 e. The molecule has 168 valence electrons. The van der Waals surface area contributed by atoms with Gasteiger partial charge in [-0.15, -0.1) is 11.3 Å². The molecule has 0 N–H and O–H groups in total. The second-order valence-electron chi connectivity index (χ2n) is 7.15. The number of amides is 1. The molecule has 32 heavy (non-hydrogen) atoms. The number of hydrogen-bond donors (Lipinski definition) is 0. The van der Waals surface area contributed by atoms with E-state index in [-0.39, 0.29) is 23.9 Å². The molecule has 0 saturated carbocycles. The Morgan fingerprint density at radius 3 is 2.34 bits per heavy atom. The number of ether oxygens (including phenoxy) is 1. The Bertz CT molecular complexity index is 1190. The van der Waals surface area contributed by atoms with Crippen molar-refractivity contribution in [1.29, 1.82) is 0 Å². The van der Waals surface area contributed by atoms with E-state index in [0.29, 0.717) is 36.2 Å². The second-order valence-corrected chi connectivity index (χ2v) is 10.4. The molecular weight excluding hydrogens is 470 g/mol. The molecule has 7 nitrogen and oxygen atoms in total. The van der Waals surface area contributed by atoms with E-state index in [0.717, 1.165) is 10.6 Å². The number of carbonyl (C=O) groups excluding carboxylic acids is 1. The standard InChI is InChI=1S/C22H22ClN3O4S2/c1-2-30-18-7-9-19(10-8-18)32(28,29)26-13-11-25(12-14-26)22(27)20-15-31-21(24-20)16-3-5-17(23)6-4-16/h3-10,15H,2,11-14H2,1H3. The predicted octanol–water partition coefficient (Wildman–Crippen LogP) is 4.01.